The summed E-state index contributed by atoms with van der Waals surface area (Å²) in [7, 11) is 0. The Kier molecular flexibility index (Phi) is 19.5. The maximum Gasteiger partial charge on any atom is 0.306 e. The minimum absolute atomic E-state index is 0.0260. The van der Waals surface area contributed by atoms with Gasteiger partial charge in [-0.25, -0.2) is 0 Å². The van der Waals surface area contributed by atoms with Crippen LogP contribution in [0.5, 0.6) is 0 Å². The smallest absolute Gasteiger partial charge is 0.306 e. The number of carbonyl (C=O) groups excluding carboxylic acids is 3. The van der Waals surface area contributed by atoms with Gasteiger partial charge in [0.15, 0.2) is 6.10 Å². The molecule has 0 amide bonds. The van der Waals surface area contributed by atoms with Crippen LogP contribution in [0.4, 0.5) is 0 Å². The highest BCUT2D eigenvalue weighted by Gasteiger charge is 2.39. The maximum absolute atomic E-state index is 12.4. The molecule has 1 rings (SSSR count). The lowest BCUT2D eigenvalue weighted by molar-refractivity contribution is -0.161. The Labute approximate surface area is 234 Å². The molecule has 0 aromatic rings. The van der Waals surface area contributed by atoms with Crippen molar-refractivity contribution in [2.45, 2.75) is 128 Å². The number of hydrogen-bond donors (Lipinski definition) is 3. The van der Waals surface area contributed by atoms with Gasteiger partial charge in [-0.3, -0.25) is 14.4 Å². The van der Waals surface area contributed by atoms with Crippen molar-refractivity contribution in [3.8, 4) is 0 Å². The minimum atomic E-state index is -0.868. The molecule has 1 aliphatic rings. The van der Waals surface area contributed by atoms with Gasteiger partial charge in [-0.1, -0.05) is 83.1 Å². The van der Waals surface area contributed by atoms with E-state index in [0.29, 0.717) is 32.1 Å². The monoisotopic (exact) mass is 552 g/mol. The molecule has 0 bridgehead atoms. The van der Waals surface area contributed by atoms with Crippen molar-refractivity contribution >= 4 is 17.7 Å². The summed E-state index contributed by atoms with van der Waals surface area (Å²) in [5.74, 6) is -1.40. The molecule has 0 saturated heterocycles. The van der Waals surface area contributed by atoms with Gasteiger partial charge in [0.1, 0.15) is 12.4 Å². The molecule has 3 N–H and O–H groups in total. The number of Topliss-reactive ketones (excluding diaryl/α,β-unsaturated/α-hetero) is 1. The summed E-state index contributed by atoms with van der Waals surface area (Å²) in [6.45, 7) is 3.68. The third-order valence-electron chi connectivity index (χ3n) is 7.12. The zero-order valence-electron chi connectivity index (χ0n) is 24.1. The van der Waals surface area contributed by atoms with Crippen LogP contribution < -0.4 is 0 Å². The molecule has 0 aliphatic heterocycles. The van der Waals surface area contributed by atoms with E-state index >= 15 is 0 Å². The molecule has 0 heterocycles. The largest absolute Gasteiger partial charge is 0.462 e. The Balaban J connectivity index is 2.30. The number of aliphatic hydroxyl groups excluding tert-OH is 3. The highest BCUT2D eigenvalue weighted by Crippen LogP contribution is 2.33. The van der Waals surface area contributed by atoms with Crippen LogP contribution in [-0.2, 0) is 23.9 Å². The van der Waals surface area contributed by atoms with E-state index in [-0.39, 0.29) is 43.0 Å². The van der Waals surface area contributed by atoms with Gasteiger partial charge >= 0.3 is 11.9 Å². The Bertz CT molecular complexity index is 747. The summed E-state index contributed by atoms with van der Waals surface area (Å²) < 4.78 is 10.4. The first-order valence-corrected chi connectivity index (χ1v) is 15.0. The molecule has 224 valence electrons. The number of esters is 2. The Hall–Kier alpha value is -2.03. The number of ether oxygens (including phenoxy) is 2. The molecule has 8 heteroatoms. The number of allylic oxidation sites excluding steroid dienone is 2. The number of carbonyl (C=O) groups is 3. The quantitative estimate of drug-likeness (QED) is 0.0974. The summed E-state index contributed by atoms with van der Waals surface area (Å²) in [5.41, 5.74) is 0. The first-order chi connectivity index (χ1) is 18.8. The SMILES string of the molecule is CCCCCCCC(=O)OC[C@H](CO)OC(=O)CCC/C=C\C[C@H]1C(=O)C[C@@H](O)[C@@H]1/C=C/[C@@H](O)CCCCC. The molecule has 0 spiro atoms. The molecule has 0 aromatic carbocycles. The van der Waals surface area contributed by atoms with Crippen LogP contribution in [0.2, 0.25) is 0 Å². The van der Waals surface area contributed by atoms with Crippen LogP contribution in [-0.4, -0.2) is 64.6 Å². The van der Waals surface area contributed by atoms with Crippen molar-refractivity contribution in [1.29, 1.82) is 0 Å². The topological polar surface area (TPSA) is 130 Å². The maximum atomic E-state index is 12.4. The van der Waals surface area contributed by atoms with Gasteiger partial charge in [-0.15, -0.1) is 0 Å². The highest BCUT2D eigenvalue weighted by molar-refractivity contribution is 5.84. The van der Waals surface area contributed by atoms with Crippen molar-refractivity contribution in [2.24, 2.45) is 11.8 Å². The zero-order valence-corrected chi connectivity index (χ0v) is 24.1. The normalized spacial score (nSPS) is 21.1. The zero-order chi connectivity index (χ0) is 28.9. The summed E-state index contributed by atoms with van der Waals surface area (Å²) in [5, 5.41) is 29.9. The third kappa shape index (κ3) is 16.0. The second-order valence-corrected chi connectivity index (χ2v) is 10.6. The van der Waals surface area contributed by atoms with Crippen LogP contribution in [0.3, 0.4) is 0 Å². The summed E-state index contributed by atoms with van der Waals surface area (Å²) in [4.78, 5) is 36.3. The number of ketones is 1. The van der Waals surface area contributed by atoms with Gasteiger partial charge in [0.25, 0.3) is 0 Å². The van der Waals surface area contributed by atoms with Crippen LogP contribution in [0.15, 0.2) is 24.3 Å². The molecular weight excluding hydrogens is 500 g/mol. The number of aliphatic hydroxyl groups is 3. The first kappa shape index (κ1) is 35.0. The summed E-state index contributed by atoms with van der Waals surface area (Å²) >= 11 is 0. The lowest BCUT2D eigenvalue weighted by atomic mass is 9.90. The third-order valence-corrected chi connectivity index (χ3v) is 7.12. The molecule has 1 fully saturated rings. The van der Waals surface area contributed by atoms with Crippen molar-refractivity contribution in [2.75, 3.05) is 13.2 Å². The second-order valence-electron chi connectivity index (χ2n) is 10.6. The van der Waals surface area contributed by atoms with Crippen LogP contribution in [0.25, 0.3) is 0 Å². The Morgan fingerprint density at radius 2 is 1.67 bits per heavy atom. The molecule has 5 atom stereocenters. The van der Waals surface area contributed by atoms with Crippen molar-refractivity contribution < 1.29 is 39.2 Å². The van der Waals surface area contributed by atoms with E-state index in [2.05, 4.69) is 13.8 Å². The van der Waals surface area contributed by atoms with Gasteiger partial charge in [-0.2, -0.15) is 0 Å². The molecule has 0 aromatic heterocycles. The standard InChI is InChI=1S/C31H52O8/c1-3-5-7-8-13-17-30(36)38-23-25(22-32)39-31(37)18-14-10-9-12-16-26-27(29(35)21-28(26)34)20-19-24(33)15-11-6-4-2/h9,12,19-20,24-27,29,32-33,35H,3-8,10-11,13-18,21-23H2,1-2H3/b12-9-,20-19+/t24-,25-,26+,27+,29+/m0/s1. The van der Waals surface area contributed by atoms with E-state index in [1.807, 2.05) is 12.2 Å². The summed E-state index contributed by atoms with van der Waals surface area (Å²) in [6.07, 6.45) is 16.4. The van der Waals surface area contributed by atoms with E-state index in [4.69, 9.17) is 9.47 Å². The number of hydrogen-bond acceptors (Lipinski definition) is 8. The average molecular weight is 553 g/mol. The molecule has 0 unspecified atom stereocenters. The molecule has 8 nitrogen and oxygen atoms in total. The first-order valence-electron chi connectivity index (χ1n) is 15.0. The van der Waals surface area contributed by atoms with Gasteiger partial charge in [0.05, 0.1) is 18.8 Å². The second kappa shape index (κ2) is 21.8. The fourth-order valence-electron chi connectivity index (χ4n) is 4.71. The van der Waals surface area contributed by atoms with E-state index < -0.39 is 30.9 Å². The lowest BCUT2D eigenvalue weighted by Crippen LogP contribution is -2.28. The molecule has 1 saturated carbocycles. The van der Waals surface area contributed by atoms with Crippen molar-refractivity contribution in [3.05, 3.63) is 24.3 Å². The summed E-state index contributed by atoms with van der Waals surface area (Å²) in [6, 6.07) is 0. The Morgan fingerprint density at radius 1 is 0.974 bits per heavy atom. The van der Waals surface area contributed by atoms with Crippen molar-refractivity contribution in [3.63, 3.8) is 0 Å². The Morgan fingerprint density at radius 3 is 2.38 bits per heavy atom. The minimum Gasteiger partial charge on any atom is -0.462 e. The molecule has 0 radical (unpaired) electrons. The van der Waals surface area contributed by atoms with Gasteiger partial charge in [0, 0.05) is 31.1 Å². The average Bonchev–Trinajstić information content (AvgIpc) is 3.18. The van der Waals surface area contributed by atoms with E-state index in [1.165, 1.54) is 0 Å². The molecule has 1 aliphatic carbocycles. The number of unbranched alkanes of at least 4 members (excludes halogenated alkanes) is 7. The highest BCUT2D eigenvalue weighted by atomic mass is 16.6. The lowest BCUT2D eigenvalue weighted by Gasteiger charge is -2.16. The van der Waals surface area contributed by atoms with E-state index in [9.17, 15) is 29.7 Å². The fraction of sp³-hybridized carbons (Fsp3) is 0.774. The predicted molar refractivity (Wildman–Crippen MR) is 151 cm³/mol. The van der Waals surface area contributed by atoms with Crippen LogP contribution in [0, 0.1) is 11.8 Å². The van der Waals surface area contributed by atoms with Crippen molar-refractivity contribution in [1.82, 2.24) is 0 Å². The van der Waals surface area contributed by atoms with Crippen LogP contribution >= 0.6 is 0 Å². The molecule has 39 heavy (non-hydrogen) atoms. The van der Waals surface area contributed by atoms with E-state index in [1.54, 1.807) is 12.2 Å². The fourth-order valence-corrected chi connectivity index (χ4v) is 4.71. The predicted octanol–water partition coefficient (Wildman–Crippen LogP) is 4.97. The van der Waals surface area contributed by atoms with Crippen LogP contribution in [0.1, 0.15) is 110 Å². The molecular formula is C31H52O8. The van der Waals surface area contributed by atoms with Gasteiger partial charge in [-0.05, 0) is 32.1 Å². The number of rotatable bonds is 22. The van der Waals surface area contributed by atoms with Gasteiger partial charge in [0.2, 0.25) is 0 Å². The van der Waals surface area contributed by atoms with E-state index in [0.717, 1.165) is 51.4 Å². The van der Waals surface area contributed by atoms with Gasteiger partial charge < -0.3 is 24.8 Å².